The quantitative estimate of drug-likeness (QED) is 0.668. The number of hydrogen-bond acceptors (Lipinski definition) is 4. The number of aliphatic hydroxyl groups is 1. The van der Waals surface area contributed by atoms with Crippen molar-refractivity contribution in [3.05, 3.63) is 0 Å². The Morgan fingerprint density at radius 3 is 2.21 bits per heavy atom. The van der Waals surface area contributed by atoms with E-state index in [0.29, 0.717) is 0 Å². The Bertz CT molecular complexity index is 237. The van der Waals surface area contributed by atoms with Gasteiger partial charge >= 0.3 is 0 Å². The first kappa shape index (κ1) is 11.0. The topological polar surface area (TPSA) is 71.0 Å². The zero-order valence-electron chi connectivity index (χ0n) is 8.19. The number of rotatable bonds is 3. The average molecular weight is 193 g/mol. The van der Waals surface area contributed by atoms with Gasteiger partial charge in [-0.3, -0.25) is 4.90 Å². The van der Waals surface area contributed by atoms with E-state index < -0.39 is 0 Å². The van der Waals surface area contributed by atoms with E-state index in [4.69, 9.17) is 10.5 Å². The van der Waals surface area contributed by atoms with E-state index in [1.807, 2.05) is 12.1 Å². The molecular formula is C10H15N3O. The van der Waals surface area contributed by atoms with Crippen LogP contribution >= 0.6 is 0 Å². The Kier molecular flexibility index (Phi) is 4.39. The van der Waals surface area contributed by atoms with Crippen LogP contribution < -0.4 is 0 Å². The maximum atomic E-state index is 9.73. The van der Waals surface area contributed by atoms with Crippen LogP contribution in [0.5, 0.6) is 0 Å². The van der Waals surface area contributed by atoms with Crippen molar-refractivity contribution < 1.29 is 5.11 Å². The first-order valence-corrected chi connectivity index (χ1v) is 4.95. The minimum absolute atomic E-state index is 0.00282. The largest absolute Gasteiger partial charge is 0.391 e. The lowest BCUT2D eigenvalue weighted by Gasteiger charge is -2.34. The third-order valence-corrected chi connectivity index (χ3v) is 2.71. The monoisotopic (exact) mass is 193 g/mol. The minimum Gasteiger partial charge on any atom is -0.391 e. The third-order valence-electron chi connectivity index (χ3n) is 2.71. The van der Waals surface area contributed by atoms with E-state index in [2.05, 4.69) is 0 Å². The van der Waals surface area contributed by atoms with E-state index in [9.17, 15) is 5.11 Å². The molecule has 76 valence electrons. The van der Waals surface area contributed by atoms with Crippen LogP contribution in [0.3, 0.4) is 0 Å². The van der Waals surface area contributed by atoms with E-state index >= 15 is 0 Å². The molecule has 1 aliphatic rings. The van der Waals surface area contributed by atoms with Crippen LogP contribution in [0.25, 0.3) is 0 Å². The fourth-order valence-corrected chi connectivity index (χ4v) is 1.99. The molecule has 0 heterocycles. The molecule has 0 aromatic heterocycles. The summed E-state index contributed by atoms with van der Waals surface area (Å²) in [4.78, 5) is 1.77. The van der Waals surface area contributed by atoms with Crippen LogP contribution in [0, 0.1) is 22.7 Å². The van der Waals surface area contributed by atoms with Gasteiger partial charge in [-0.05, 0) is 12.8 Å². The Labute approximate surface area is 84.4 Å². The molecule has 4 heteroatoms. The molecule has 0 unspecified atom stereocenters. The van der Waals surface area contributed by atoms with Gasteiger partial charge in [0.25, 0.3) is 0 Å². The number of nitrogens with zero attached hydrogens (tertiary/aromatic N) is 3. The van der Waals surface area contributed by atoms with Gasteiger partial charge in [0.05, 0.1) is 31.3 Å². The van der Waals surface area contributed by atoms with Gasteiger partial charge in [0, 0.05) is 6.04 Å². The summed E-state index contributed by atoms with van der Waals surface area (Å²) in [5.74, 6) is 0. The smallest absolute Gasteiger partial charge is 0.0877 e. The molecule has 1 aliphatic carbocycles. The molecule has 0 aromatic rings. The summed E-state index contributed by atoms with van der Waals surface area (Å²) < 4.78 is 0. The fraction of sp³-hybridized carbons (Fsp3) is 0.800. The lowest BCUT2D eigenvalue weighted by Crippen LogP contribution is -2.45. The molecule has 0 radical (unpaired) electrons. The maximum absolute atomic E-state index is 9.73. The summed E-state index contributed by atoms with van der Waals surface area (Å²) in [6, 6.07) is 4.07. The summed E-state index contributed by atoms with van der Waals surface area (Å²) in [5, 5.41) is 26.9. The third kappa shape index (κ3) is 2.70. The highest BCUT2D eigenvalue weighted by Gasteiger charge is 2.28. The van der Waals surface area contributed by atoms with Gasteiger partial charge in [0.1, 0.15) is 0 Å². The lowest BCUT2D eigenvalue weighted by atomic mass is 9.91. The normalized spacial score (nSPS) is 26.9. The Morgan fingerprint density at radius 2 is 1.71 bits per heavy atom. The molecule has 0 amide bonds. The summed E-state index contributed by atoms with van der Waals surface area (Å²) in [7, 11) is 0. The second kappa shape index (κ2) is 5.59. The van der Waals surface area contributed by atoms with Crippen LogP contribution in [-0.4, -0.2) is 35.2 Å². The predicted molar refractivity (Wildman–Crippen MR) is 51.1 cm³/mol. The molecule has 0 bridgehead atoms. The Balaban J connectivity index is 2.57. The van der Waals surface area contributed by atoms with Gasteiger partial charge in [-0.25, -0.2) is 0 Å². The second-order valence-electron chi connectivity index (χ2n) is 3.64. The van der Waals surface area contributed by atoms with Crippen molar-refractivity contribution >= 4 is 0 Å². The van der Waals surface area contributed by atoms with Crippen LogP contribution in [0.4, 0.5) is 0 Å². The van der Waals surface area contributed by atoms with Crippen molar-refractivity contribution in [1.82, 2.24) is 4.90 Å². The van der Waals surface area contributed by atoms with Crippen molar-refractivity contribution in [2.75, 3.05) is 13.1 Å². The zero-order chi connectivity index (χ0) is 10.4. The first-order chi connectivity index (χ1) is 6.79. The van der Waals surface area contributed by atoms with Gasteiger partial charge in [-0.2, -0.15) is 10.5 Å². The molecule has 14 heavy (non-hydrogen) atoms. The molecule has 4 nitrogen and oxygen atoms in total. The highest BCUT2D eigenvalue weighted by atomic mass is 16.3. The molecule has 0 aromatic carbocycles. The van der Waals surface area contributed by atoms with Crippen molar-refractivity contribution in [3.63, 3.8) is 0 Å². The second-order valence-corrected chi connectivity index (χ2v) is 3.64. The van der Waals surface area contributed by atoms with Crippen molar-refractivity contribution in [1.29, 1.82) is 10.5 Å². The van der Waals surface area contributed by atoms with E-state index in [1.165, 1.54) is 0 Å². The van der Waals surface area contributed by atoms with Gasteiger partial charge in [-0.1, -0.05) is 12.8 Å². The molecular weight excluding hydrogens is 178 g/mol. The SMILES string of the molecule is N#CCN(CC#N)[C@@H]1CCCC[C@H]1O. The van der Waals surface area contributed by atoms with Crippen LogP contribution in [0.2, 0.25) is 0 Å². The zero-order valence-corrected chi connectivity index (χ0v) is 8.19. The molecule has 0 saturated heterocycles. The van der Waals surface area contributed by atoms with Crippen molar-refractivity contribution in [2.24, 2.45) is 0 Å². The average Bonchev–Trinajstić information content (AvgIpc) is 2.18. The van der Waals surface area contributed by atoms with Crippen LogP contribution in [0.15, 0.2) is 0 Å². The molecule has 1 fully saturated rings. The van der Waals surface area contributed by atoms with Gasteiger partial charge in [-0.15, -0.1) is 0 Å². The molecule has 1 rings (SSSR count). The fourth-order valence-electron chi connectivity index (χ4n) is 1.99. The highest BCUT2D eigenvalue weighted by molar-refractivity contribution is 4.92. The standard InChI is InChI=1S/C10H15N3O/c11-5-7-13(8-6-12)9-3-1-2-4-10(9)14/h9-10,14H,1-4,7-8H2/t9-,10-/m1/s1. The molecule has 0 aliphatic heterocycles. The molecule has 2 atom stereocenters. The highest BCUT2D eigenvalue weighted by Crippen LogP contribution is 2.22. The molecule has 0 spiro atoms. The first-order valence-electron chi connectivity index (χ1n) is 4.95. The van der Waals surface area contributed by atoms with Gasteiger partial charge < -0.3 is 5.11 Å². The molecule has 1 saturated carbocycles. The van der Waals surface area contributed by atoms with E-state index in [0.717, 1.165) is 25.7 Å². The van der Waals surface area contributed by atoms with Gasteiger partial charge in [0.2, 0.25) is 0 Å². The van der Waals surface area contributed by atoms with Crippen LogP contribution in [-0.2, 0) is 0 Å². The summed E-state index contributed by atoms with van der Waals surface area (Å²) in [6.45, 7) is 0.463. The van der Waals surface area contributed by atoms with E-state index in [1.54, 1.807) is 4.90 Å². The van der Waals surface area contributed by atoms with Crippen molar-refractivity contribution in [2.45, 2.75) is 37.8 Å². The summed E-state index contributed by atoms with van der Waals surface area (Å²) >= 11 is 0. The maximum Gasteiger partial charge on any atom is 0.0877 e. The summed E-state index contributed by atoms with van der Waals surface area (Å²) in [6.07, 6.45) is 3.44. The number of hydrogen-bond donors (Lipinski definition) is 1. The minimum atomic E-state index is -0.370. The number of nitriles is 2. The number of aliphatic hydroxyl groups excluding tert-OH is 1. The predicted octanol–water partition coefficient (Wildman–Crippen LogP) is 0.639. The van der Waals surface area contributed by atoms with E-state index in [-0.39, 0.29) is 25.2 Å². The van der Waals surface area contributed by atoms with Gasteiger partial charge in [0.15, 0.2) is 0 Å². The van der Waals surface area contributed by atoms with Crippen LogP contribution in [0.1, 0.15) is 25.7 Å². The lowest BCUT2D eigenvalue weighted by molar-refractivity contribution is 0.0319. The van der Waals surface area contributed by atoms with Crippen molar-refractivity contribution in [3.8, 4) is 12.1 Å². The Morgan fingerprint density at radius 1 is 1.14 bits per heavy atom. The summed E-state index contributed by atoms with van der Waals surface area (Å²) in [5.41, 5.74) is 0. The Hall–Kier alpha value is -1.10. The molecule has 1 N–H and O–H groups in total.